The van der Waals surface area contributed by atoms with Crippen LogP contribution in [0.25, 0.3) is 0 Å². The van der Waals surface area contributed by atoms with Crippen LogP contribution in [0.4, 0.5) is 0 Å². The Hall–Kier alpha value is -0.610. The van der Waals surface area contributed by atoms with E-state index in [2.05, 4.69) is 12.2 Å². The van der Waals surface area contributed by atoms with E-state index < -0.39 is 0 Å². The van der Waals surface area contributed by atoms with Gasteiger partial charge in [0.05, 0.1) is 13.2 Å². The Morgan fingerprint density at radius 1 is 1.56 bits per heavy atom. The molecule has 2 atom stereocenters. The van der Waals surface area contributed by atoms with E-state index in [1.807, 2.05) is 4.90 Å². The van der Waals surface area contributed by atoms with Gasteiger partial charge in [0.25, 0.3) is 0 Å². The van der Waals surface area contributed by atoms with Crippen molar-refractivity contribution in [3.63, 3.8) is 0 Å². The molecule has 2 saturated heterocycles. The highest BCUT2D eigenvalue weighted by molar-refractivity contribution is 5.77. The number of ether oxygens (including phenoxy) is 1. The Labute approximate surface area is 97.3 Å². The summed E-state index contributed by atoms with van der Waals surface area (Å²) in [6.45, 7) is 6.42. The van der Waals surface area contributed by atoms with Gasteiger partial charge in [-0.15, -0.1) is 0 Å². The largest absolute Gasteiger partial charge is 0.378 e. The lowest BCUT2D eigenvalue weighted by molar-refractivity contribution is -0.134. The number of nitrogens with one attached hydrogen (secondary N) is 1. The van der Waals surface area contributed by atoms with Crippen LogP contribution < -0.4 is 5.32 Å². The Kier molecular flexibility index (Phi) is 4.18. The first-order valence-corrected chi connectivity index (χ1v) is 6.34. The summed E-state index contributed by atoms with van der Waals surface area (Å²) >= 11 is 0. The van der Waals surface area contributed by atoms with Crippen molar-refractivity contribution in [2.24, 2.45) is 5.92 Å². The molecule has 0 bridgehead atoms. The third kappa shape index (κ3) is 3.19. The summed E-state index contributed by atoms with van der Waals surface area (Å²) in [6.07, 6.45) is 3.00. The Morgan fingerprint density at radius 3 is 3.12 bits per heavy atom. The van der Waals surface area contributed by atoms with Crippen LogP contribution >= 0.6 is 0 Å². The molecule has 1 N–H and O–H groups in total. The maximum absolute atomic E-state index is 12.0. The van der Waals surface area contributed by atoms with Crippen LogP contribution in [0.1, 0.15) is 26.2 Å². The molecule has 4 nitrogen and oxygen atoms in total. The topological polar surface area (TPSA) is 41.6 Å². The van der Waals surface area contributed by atoms with Crippen LogP contribution in [-0.2, 0) is 9.53 Å². The van der Waals surface area contributed by atoms with Crippen LogP contribution in [0, 0.1) is 5.92 Å². The predicted molar refractivity (Wildman–Crippen MR) is 62.2 cm³/mol. The van der Waals surface area contributed by atoms with E-state index in [4.69, 9.17) is 4.74 Å². The number of nitrogens with zero attached hydrogens (tertiary/aromatic N) is 1. The van der Waals surface area contributed by atoms with Crippen molar-refractivity contribution in [1.29, 1.82) is 0 Å². The van der Waals surface area contributed by atoms with E-state index in [9.17, 15) is 4.79 Å². The third-order valence-electron chi connectivity index (χ3n) is 3.43. The molecule has 1 amide bonds. The summed E-state index contributed by atoms with van der Waals surface area (Å²) in [5.41, 5.74) is 0. The van der Waals surface area contributed by atoms with Crippen molar-refractivity contribution in [3.8, 4) is 0 Å². The second-order valence-corrected chi connectivity index (χ2v) is 5.02. The molecule has 2 fully saturated rings. The van der Waals surface area contributed by atoms with Crippen LogP contribution in [-0.4, -0.2) is 49.7 Å². The van der Waals surface area contributed by atoms with Gasteiger partial charge in [0.2, 0.25) is 5.91 Å². The minimum Gasteiger partial charge on any atom is -0.378 e. The standard InChI is InChI=1S/C12H22N2O2/c1-10-3-2-5-14(8-10)12(15)7-11-9-16-6-4-13-11/h10-11,13H,2-9H2,1H3. The summed E-state index contributed by atoms with van der Waals surface area (Å²) in [5, 5.41) is 3.33. The van der Waals surface area contributed by atoms with E-state index in [0.717, 1.165) is 32.7 Å². The molecule has 0 radical (unpaired) electrons. The van der Waals surface area contributed by atoms with Crippen LogP contribution in [0.5, 0.6) is 0 Å². The maximum Gasteiger partial charge on any atom is 0.224 e. The van der Waals surface area contributed by atoms with Gasteiger partial charge in [0.15, 0.2) is 0 Å². The molecule has 4 heteroatoms. The second kappa shape index (κ2) is 5.64. The van der Waals surface area contributed by atoms with Gasteiger partial charge in [-0.1, -0.05) is 6.92 Å². The maximum atomic E-state index is 12.0. The Balaban J connectivity index is 1.77. The van der Waals surface area contributed by atoms with Gasteiger partial charge in [-0.25, -0.2) is 0 Å². The fourth-order valence-electron chi connectivity index (χ4n) is 2.51. The molecule has 0 saturated carbocycles. The molecule has 2 heterocycles. The summed E-state index contributed by atoms with van der Waals surface area (Å²) < 4.78 is 5.36. The smallest absolute Gasteiger partial charge is 0.224 e. The number of rotatable bonds is 2. The molecule has 0 aromatic carbocycles. The van der Waals surface area contributed by atoms with Gasteiger partial charge < -0.3 is 15.0 Å². The molecular weight excluding hydrogens is 204 g/mol. The number of amides is 1. The number of hydrogen-bond acceptors (Lipinski definition) is 3. The number of carbonyl (C=O) groups excluding carboxylic acids is 1. The Morgan fingerprint density at radius 2 is 2.44 bits per heavy atom. The Bertz CT molecular complexity index is 239. The van der Waals surface area contributed by atoms with Crippen molar-refractivity contribution in [3.05, 3.63) is 0 Å². The fraction of sp³-hybridized carbons (Fsp3) is 0.917. The monoisotopic (exact) mass is 226 g/mol. The highest BCUT2D eigenvalue weighted by atomic mass is 16.5. The van der Waals surface area contributed by atoms with Crippen molar-refractivity contribution in [2.75, 3.05) is 32.8 Å². The van der Waals surface area contributed by atoms with Crippen LogP contribution in [0.15, 0.2) is 0 Å². The lowest BCUT2D eigenvalue weighted by atomic mass is 9.99. The molecule has 0 spiro atoms. The number of likely N-dealkylation sites (tertiary alicyclic amines) is 1. The van der Waals surface area contributed by atoms with E-state index in [0.29, 0.717) is 18.9 Å². The lowest BCUT2D eigenvalue weighted by Crippen LogP contribution is -2.46. The number of carbonyl (C=O) groups is 1. The lowest BCUT2D eigenvalue weighted by Gasteiger charge is -2.33. The zero-order valence-corrected chi connectivity index (χ0v) is 10.1. The predicted octanol–water partition coefficient (Wildman–Crippen LogP) is 0.623. The molecule has 0 aromatic rings. The molecule has 2 unspecified atom stereocenters. The normalized spacial score (nSPS) is 31.4. The van der Waals surface area contributed by atoms with Crippen LogP contribution in [0.3, 0.4) is 0 Å². The highest BCUT2D eigenvalue weighted by Crippen LogP contribution is 2.16. The van der Waals surface area contributed by atoms with E-state index in [1.165, 1.54) is 6.42 Å². The number of morpholine rings is 1. The van der Waals surface area contributed by atoms with E-state index in [1.54, 1.807) is 0 Å². The fourth-order valence-corrected chi connectivity index (χ4v) is 2.51. The molecule has 2 rings (SSSR count). The molecule has 0 aromatic heterocycles. The minimum absolute atomic E-state index is 0.221. The number of hydrogen-bond donors (Lipinski definition) is 1. The summed E-state index contributed by atoms with van der Waals surface area (Å²) in [4.78, 5) is 14.1. The molecule has 16 heavy (non-hydrogen) atoms. The van der Waals surface area contributed by atoms with E-state index in [-0.39, 0.29) is 11.9 Å². The summed E-state index contributed by atoms with van der Waals surface area (Å²) in [5.74, 6) is 0.947. The SMILES string of the molecule is CC1CCCN(C(=O)CC2COCCN2)C1. The van der Waals surface area contributed by atoms with Crippen molar-refractivity contribution in [1.82, 2.24) is 10.2 Å². The second-order valence-electron chi connectivity index (χ2n) is 5.02. The average Bonchev–Trinajstić information content (AvgIpc) is 2.30. The first-order chi connectivity index (χ1) is 7.75. The first-order valence-electron chi connectivity index (χ1n) is 6.34. The van der Waals surface area contributed by atoms with Gasteiger partial charge in [0, 0.05) is 32.1 Å². The van der Waals surface area contributed by atoms with Gasteiger partial charge in [-0.2, -0.15) is 0 Å². The average molecular weight is 226 g/mol. The van der Waals surface area contributed by atoms with E-state index >= 15 is 0 Å². The summed E-state index contributed by atoms with van der Waals surface area (Å²) in [6, 6.07) is 0.221. The zero-order valence-electron chi connectivity index (χ0n) is 10.1. The van der Waals surface area contributed by atoms with Gasteiger partial charge in [-0.05, 0) is 18.8 Å². The molecular formula is C12H22N2O2. The summed E-state index contributed by atoms with van der Waals surface area (Å²) in [7, 11) is 0. The molecule has 0 aliphatic carbocycles. The molecule has 2 aliphatic heterocycles. The van der Waals surface area contributed by atoms with Gasteiger partial charge in [0.1, 0.15) is 0 Å². The van der Waals surface area contributed by atoms with Crippen molar-refractivity contribution >= 4 is 5.91 Å². The quantitative estimate of drug-likeness (QED) is 0.750. The molecule has 92 valence electrons. The number of piperidine rings is 1. The van der Waals surface area contributed by atoms with Crippen molar-refractivity contribution in [2.45, 2.75) is 32.2 Å². The minimum atomic E-state index is 0.221. The third-order valence-corrected chi connectivity index (χ3v) is 3.43. The first kappa shape index (κ1) is 11.9. The van der Waals surface area contributed by atoms with Gasteiger partial charge >= 0.3 is 0 Å². The highest BCUT2D eigenvalue weighted by Gasteiger charge is 2.24. The van der Waals surface area contributed by atoms with Crippen molar-refractivity contribution < 1.29 is 9.53 Å². The zero-order chi connectivity index (χ0) is 11.4. The molecule has 2 aliphatic rings. The van der Waals surface area contributed by atoms with Crippen LogP contribution in [0.2, 0.25) is 0 Å². The van der Waals surface area contributed by atoms with Gasteiger partial charge in [-0.3, -0.25) is 4.79 Å².